The van der Waals surface area contributed by atoms with Crippen molar-refractivity contribution in [3.63, 3.8) is 0 Å². The first-order valence-corrected chi connectivity index (χ1v) is 12.7. The summed E-state index contributed by atoms with van der Waals surface area (Å²) in [7, 11) is -12.4. The molecule has 0 spiro atoms. The van der Waals surface area contributed by atoms with E-state index in [0.717, 1.165) is 19.3 Å². The number of sulfonamides is 2. The first-order chi connectivity index (χ1) is 14.1. The van der Waals surface area contributed by atoms with E-state index < -0.39 is 58.9 Å². The smallest absolute Gasteiger partial charge is 0.293 e. The molecule has 17 heteroatoms. The van der Waals surface area contributed by atoms with Crippen LogP contribution in [0.1, 0.15) is 38.5 Å². The highest BCUT2D eigenvalue weighted by Gasteiger charge is 2.86. The van der Waals surface area contributed by atoms with Crippen LogP contribution in [0.2, 0.25) is 0 Å². The summed E-state index contributed by atoms with van der Waals surface area (Å²) in [5.41, 5.74) is -0.727. The lowest BCUT2D eigenvalue weighted by atomic mass is 9.53. The standard InChI is InChI=1S/C15H19F9N2O4S2/c16-12(17,14(20,21)22)13(18,19)15(23,24)32(29,30)26-31(27,28)7-25-11-4-8-1-9(5-11)3-10(2-8)6-11/h8-10,25-26H,1-7H2/p+1. The normalized spacial score (nSPS) is 31.8. The van der Waals surface area contributed by atoms with Gasteiger partial charge >= 0.3 is 43.3 Å². The van der Waals surface area contributed by atoms with Crippen molar-refractivity contribution in [2.75, 3.05) is 5.88 Å². The molecular formula is C15H20F9N2O4S2+. The number of rotatable bonds is 8. The Hall–Kier alpha value is -0.810. The molecule has 0 saturated heterocycles. The van der Waals surface area contributed by atoms with Crippen molar-refractivity contribution in [1.29, 1.82) is 0 Å². The first kappa shape index (κ1) is 25.8. The van der Waals surface area contributed by atoms with Gasteiger partial charge in [-0.25, -0.2) is 0 Å². The summed E-state index contributed by atoms with van der Waals surface area (Å²) in [6.07, 6.45) is -2.82. The molecule has 4 aliphatic rings. The molecule has 0 aromatic heterocycles. The van der Waals surface area contributed by atoms with Crippen LogP contribution in [-0.4, -0.2) is 51.5 Å². The molecule has 0 aliphatic heterocycles. The molecule has 0 atom stereocenters. The number of primary sulfonamides is 2. The molecule has 4 fully saturated rings. The first-order valence-electron chi connectivity index (χ1n) is 9.42. The van der Waals surface area contributed by atoms with Gasteiger partial charge in [0.1, 0.15) is 0 Å². The fraction of sp³-hybridized carbons (Fsp3) is 1.00. The summed E-state index contributed by atoms with van der Waals surface area (Å²) in [5, 5.41) is -4.47. The summed E-state index contributed by atoms with van der Waals surface area (Å²) in [5.74, 6) is -15.3. The van der Waals surface area contributed by atoms with E-state index in [1.165, 1.54) is 0 Å². The SMILES string of the molecule is O=S(=O)(CNC12CC3CC(CC(C3)C1)C2)[NH2+]S(=O)(=O)C(F)(F)C(F)(F)C(F)(F)C(F)(F)F. The predicted octanol–water partition coefficient (Wildman–Crippen LogP) is 2.15. The van der Waals surface area contributed by atoms with Crippen LogP contribution in [-0.2, 0) is 20.0 Å². The van der Waals surface area contributed by atoms with Gasteiger partial charge < -0.3 is 0 Å². The molecule has 0 radical (unpaired) electrons. The van der Waals surface area contributed by atoms with Gasteiger partial charge in [0.25, 0.3) is 0 Å². The van der Waals surface area contributed by atoms with Crippen LogP contribution in [0.5, 0.6) is 0 Å². The highest BCUT2D eigenvalue weighted by atomic mass is 32.3. The summed E-state index contributed by atoms with van der Waals surface area (Å²) in [6, 6.07) is 0. The van der Waals surface area contributed by atoms with Crippen molar-refractivity contribution in [2.45, 2.75) is 67.3 Å². The van der Waals surface area contributed by atoms with Gasteiger partial charge in [-0.15, -0.1) is 4.13 Å². The molecule has 0 aromatic carbocycles. The Morgan fingerprint density at radius 3 is 1.53 bits per heavy atom. The van der Waals surface area contributed by atoms with E-state index in [-0.39, 0.29) is 17.8 Å². The number of hydrogen-bond acceptors (Lipinski definition) is 5. The van der Waals surface area contributed by atoms with Crippen molar-refractivity contribution < 1.29 is 60.5 Å². The number of quaternary nitrogens is 1. The summed E-state index contributed by atoms with van der Waals surface area (Å²) in [6.45, 7) is 0. The van der Waals surface area contributed by atoms with E-state index in [1.54, 1.807) is 0 Å². The molecular weight excluding hydrogens is 507 g/mol. The number of alkyl halides is 9. The Labute approximate surface area is 177 Å². The van der Waals surface area contributed by atoms with Crippen LogP contribution in [0.3, 0.4) is 0 Å². The van der Waals surface area contributed by atoms with Crippen LogP contribution in [0, 0.1) is 17.8 Å². The van der Waals surface area contributed by atoms with Crippen molar-refractivity contribution in [3.8, 4) is 0 Å². The van der Waals surface area contributed by atoms with E-state index in [0.29, 0.717) is 19.3 Å². The van der Waals surface area contributed by atoms with Crippen molar-refractivity contribution in [1.82, 2.24) is 5.32 Å². The molecule has 4 aliphatic carbocycles. The number of nitrogens with two attached hydrogens (primary N) is 1. The van der Waals surface area contributed by atoms with Crippen molar-refractivity contribution in [3.05, 3.63) is 0 Å². The molecule has 32 heavy (non-hydrogen) atoms. The van der Waals surface area contributed by atoms with E-state index in [2.05, 4.69) is 5.32 Å². The number of hydrogen-bond donors (Lipinski definition) is 2. The Morgan fingerprint density at radius 1 is 0.750 bits per heavy atom. The van der Waals surface area contributed by atoms with E-state index in [9.17, 15) is 56.3 Å². The molecule has 4 bridgehead atoms. The highest BCUT2D eigenvalue weighted by Crippen LogP contribution is 2.56. The van der Waals surface area contributed by atoms with Crippen LogP contribution in [0.4, 0.5) is 39.5 Å². The van der Waals surface area contributed by atoms with Gasteiger partial charge in [-0.1, -0.05) is 0 Å². The van der Waals surface area contributed by atoms with Crippen LogP contribution in [0.15, 0.2) is 0 Å². The minimum atomic E-state index is -7.48. The molecule has 3 N–H and O–H groups in total. The lowest BCUT2D eigenvalue weighted by Crippen LogP contribution is -2.95. The predicted molar refractivity (Wildman–Crippen MR) is 89.6 cm³/mol. The van der Waals surface area contributed by atoms with E-state index in [1.807, 2.05) is 0 Å². The third-order valence-corrected chi connectivity index (χ3v) is 10.1. The molecule has 0 unspecified atom stereocenters. The fourth-order valence-corrected chi connectivity index (χ4v) is 8.70. The van der Waals surface area contributed by atoms with Crippen LogP contribution in [0.25, 0.3) is 0 Å². The van der Waals surface area contributed by atoms with Gasteiger partial charge in [0.2, 0.25) is 0 Å². The van der Waals surface area contributed by atoms with Gasteiger partial charge in [-0.2, -0.15) is 56.3 Å². The maximum Gasteiger partial charge on any atom is 0.465 e. The summed E-state index contributed by atoms with van der Waals surface area (Å²) >= 11 is 0. The molecule has 6 nitrogen and oxygen atoms in total. The lowest BCUT2D eigenvalue weighted by molar-refractivity contribution is -0.393. The minimum absolute atomic E-state index is 0.289. The second kappa shape index (κ2) is 7.34. The largest absolute Gasteiger partial charge is 0.465 e. The van der Waals surface area contributed by atoms with E-state index in [4.69, 9.17) is 0 Å². The van der Waals surface area contributed by atoms with Crippen molar-refractivity contribution in [2.24, 2.45) is 17.8 Å². The minimum Gasteiger partial charge on any atom is -0.293 e. The van der Waals surface area contributed by atoms with Gasteiger partial charge in [0, 0.05) is 5.54 Å². The second-order valence-electron chi connectivity index (χ2n) is 8.99. The monoisotopic (exact) mass is 527 g/mol. The van der Waals surface area contributed by atoms with Gasteiger partial charge in [-0.05, 0) is 56.3 Å². The molecule has 0 heterocycles. The molecule has 0 amide bonds. The second-order valence-corrected chi connectivity index (χ2v) is 13.0. The lowest BCUT2D eigenvalue weighted by Gasteiger charge is -2.57. The molecule has 188 valence electrons. The Morgan fingerprint density at radius 2 is 1.16 bits per heavy atom. The third kappa shape index (κ3) is 4.10. The molecule has 4 rings (SSSR count). The average Bonchev–Trinajstić information content (AvgIpc) is 2.56. The summed E-state index contributed by atoms with van der Waals surface area (Å²) < 4.78 is 163. The fourth-order valence-electron chi connectivity index (χ4n) is 5.41. The quantitative estimate of drug-likeness (QED) is 0.472. The zero-order valence-corrected chi connectivity index (χ0v) is 17.7. The zero-order chi connectivity index (χ0) is 24.6. The summed E-state index contributed by atoms with van der Waals surface area (Å²) in [4.78, 5) is 0. The zero-order valence-electron chi connectivity index (χ0n) is 16.1. The Bertz CT molecular complexity index is 929. The van der Waals surface area contributed by atoms with Crippen LogP contribution < -0.4 is 9.44 Å². The Balaban J connectivity index is 1.76. The number of nitrogens with one attached hydrogen (secondary N) is 1. The maximum absolute atomic E-state index is 13.8. The molecule has 0 aromatic rings. The highest BCUT2D eigenvalue weighted by molar-refractivity contribution is 7.96. The third-order valence-electron chi connectivity index (χ3n) is 6.43. The average molecular weight is 527 g/mol. The van der Waals surface area contributed by atoms with Crippen LogP contribution >= 0.6 is 0 Å². The molecule has 4 saturated carbocycles. The van der Waals surface area contributed by atoms with Gasteiger partial charge in [-0.3, -0.25) is 5.32 Å². The van der Waals surface area contributed by atoms with Gasteiger partial charge in [0.15, 0.2) is 5.88 Å². The Kier molecular flexibility index (Phi) is 5.92. The van der Waals surface area contributed by atoms with Crippen molar-refractivity contribution >= 4 is 20.0 Å². The topological polar surface area (TPSA) is 96.9 Å². The van der Waals surface area contributed by atoms with E-state index >= 15 is 0 Å². The maximum atomic E-state index is 13.8. The number of halogens is 9. The van der Waals surface area contributed by atoms with Gasteiger partial charge in [0.05, 0.1) is 0 Å².